The maximum absolute atomic E-state index is 12.5. The number of nitrogens with one attached hydrogen (secondary N) is 2. The SMILES string of the molecule is O=C(Nc1ccc(C[NH+]2CCOCC2)cc1)c1ccc(OC[C@@H]2CCCO2)cc1. The number of rotatable bonds is 7. The molecule has 2 aromatic rings. The van der Waals surface area contributed by atoms with Gasteiger partial charge in [0.1, 0.15) is 32.0 Å². The summed E-state index contributed by atoms with van der Waals surface area (Å²) in [6.45, 7) is 6.14. The van der Waals surface area contributed by atoms with Crippen LogP contribution in [0.15, 0.2) is 48.5 Å². The summed E-state index contributed by atoms with van der Waals surface area (Å²) in [7, 11) is 0. The molecule has 2 fully saturated rings. The van der Waals surface area contributed by atoms with Gasteiger partial charge < -0.3 is 24.4 Å². The van der Waals surface area contributed by atoms with Crippen LogP contribution in [0.5, 0.6) is 5.75 Å². The highest BCUT2D eigenvalue weighted by Crippen LogP contribution is 2.17. The first-order valence-corrected chi connectivity index (χ1v) is 10.4. The molecule has 0 unspecified atom stereocenters. The van der Waals surface area contributed by atoms with E-state index in [0.29, 0.717) is 12.2 Å². The number of hydrogen-bond donors (Lipinski definition) is 2. The molecule has 0 radical (unpaired) electrons. The van der Waals surface area contributed by atoms with Gasteiger partial charge in [-0.15, -0.1) is 0 Å². The fourth-order valence-electron chi connectivity index (χ4n) is 3.70. The molecule has 1 amide bonds. The Morgan fingerprint density at radius 3 is 2.48 bits per heavy atom. The summed E-state index contributed by atoms with van der Waals surface area (Å²) in [6, 6.07) is 15.3. The molecule has 0 spiro atoms. The largest absolute Gasteiger partial charge is 0.491 e. The van der Waals surface area contributed by atoms with Crippen molar-refractivity contribution in [3.8, 4) is 5.75 Å². The summed E-state index contributed by atoms with van der Waals surface area (Å²) in [4.78, 5) is 14.0. The van der Waals surface area contributed by atoms with Crippen LogP contribution in [0.2, 0.25) is 0 Å². The van der Waals surface area contributed by atoms with Gasteiger partial charge in [0, 0.05) is 23.4 Å². The van der Waals surface area contributed by atoms with E-state index in [1.807, 2.05) is 24.3 Å². The minimum Gasteiger partial charge on any atom is -0.491 e. The highest BCUT2D eigenvalue weighted by molar-refractivity contribution is 6.04. The van der Waals surface area contributed by atoms with Crippen molar-refractivity contribution in [3.63, 3.8) is 0 Å². The summed E-state index contributed by atoms with van der Waals surface area (Å²) in [5, 5.41) is 2.96. The molecule has 6 heteroatoms. The van der Waals surface area contributed by atoms with Crippen LogP contribution in [0, 0.1) is 0 Å². The van der Waals surface area contributed by atoms with E-state index < -0.39 is 0 Å². The van der Waals surface area contributed by atoms with Crippen molar-refractivity contribution < 1.29 is 23.9 Å². The monoisotopic (exact) mass is 397 g/mol. The van der Waals surface area contributed by atoms with Crippen molar-refractivity contribution >= 4 is 11.6 Å². The van der Waals surface area contributed by atoms with Crippen LogP contribution in [-0.4, -0.2) is 51.5 Å². The van der Waals surface area contributed by atoms with E-state index in [1.54, 1.807) is 12.1 Å². The van der Waals surface area contributed by atoms with Gasteiger partial charge in [0.15, 0.2) is 0 Å². The number of quaternary nitrogens is 1. The zero-order valence-electron chi connectivity index (χ0n) is 16.7. The standard InChI is InChI=1S/C23H28N2O4/c26-23(19-5-9-21(10-6-19)29-17-22-2-1-13-28-22)24-20-7-3-18(4-8-20)16-25-11-14-27-15-12-25/h3-10,22H,1-2,11-17H2,(H,24,26)/p+1/t22-/m0/s1. The molecular weight excluding hydrogens is 368 g/mol. The highest BCUT2D eigenvalue weighted by atomic mass is 16.5. The van der Waals surface area contributed by atoms with Gasteiger partial charge in [-0.25, -0.2) is 0 Å². The third kappa shape index (κ3) is 5.79. The van der Waals surface area contributed by atoms with Gasteiger partial charge in [-0.05, 0) is 49.2 Å². The van der Waals surface area contributed by atoms with E-state index in [2.05, 4.69) is 17.4 Å². The number of hydrogen-bond acceptors (Lipinski definition) is 4. The average molecular weight is 397 g/mol. The summed E-state index contributed by atoms with van der Waals surface area (Å²) >= 11 is 0. The van der Waals surface area contributed by atoms with Crippen molar-refractivity contribution in [3.05, 3.63) is 59.7 Å². The maximum atomic E-state index is 12.5. The van der Waals surface area contributed by atoms with Crippen LogP contribution in [0.3, 0.4) is 0 Å². The number of anilines is 1. The van der Waals surface area contributed by atoms with Gasteiger partial charge in [-0.3, -0.25) is 4.79 Å². The second-order valence-electron chi connectivity index (χ2n) is 7.66. The fourth-order valence-corrected chi connectivity index (χ4v) is 3.70. The van der Waals surface area contributed by atoms with E-state index in [1.165, 1.54) is 10.5 Å². The van der Waals surface area contributed by atoms with Gasteiger partial charge in [0.25, 0.3) is 5.91 Å². The number of carbonyl (C=O) groups excluding carboxylic acids is 1. The second kappa shape index (κ2) is 9.87. The molecule has 0 aliphatic carbocycles. The fraction of sp³-hybridized carbons (Fsp3) is 0.435. The van der Waals surface area contributed by atoms with E-state index in [-0.39, 0.29) is 12.0 Å². The van der Waals surface area contributed by atoms with E-state index in [4.69, 9.17) is 14.2 Å². The molecule has 2 aliphatic heterocycles. The van der Waals surface area contributed by atoms with Gasteiger partial charge >= 0.3 is 0 Å². The summed E-state index contributed by atoms with van der Waals surface area (Å²) < 4.78 is 16.7. The average Bonchev–Trinajstić information content (AvgIpc) is 3.28. The lowest BCUT2D eigenvalue weighted by Crippen LogP contribution is -3.12. The zero-order chi connectivity index (χ0) is 19.9. The first kappa shape index (κ1) is 19.9. The van der Waals surface area contributed by atoms with Crippen molar-refractivity contribution in [2.45, 2.75) is 25.5 Å². The topological polar surface area (TPSA) is 61.2 Å². The van der Waals surface area contributed by atoms with Crippen LogP contribution in [0.1, 0.15) is 28.8 Å². The highest BCUT2D eigenvalue weighted by Gasteiger charge is 2.16. The Morgan fingerprint density at radius 2 is 1.79 bits per heavy atom. The van der Waals surface area contributed by atoms with Crippen LogP contribution >= 0.6 is 0 Å². The van der Waals surface area contributed by atoms with Gasteiger partial charge in [0.2, 0.25) is 0 Å². The minimum absolute atomic E-state index is 0.123. The molecule has 2 N–H and O–H groups in total. The number of carbonyl (C=O) groups is 1. The minimum atomic E-state index is -0.123. The predicted octanol–water partition coefficient (Wildman–Crippen LogP) is 1.91. The number of morpholine rings is 1. The lowest BCUT2D eigenvalue weighted by Gasteiger charge is -2.23. The van der Waals surface area contributed by atoms with Gasteiger partial charge in [0.05, 0.1) is 19.3 Å². The Balaban J connectivity index is 1.26. The van der Waals surface area contributed by atoms with Crippen LogP contribution in [0.25, 0.3) is 0 Å². The van der Waals surface area contributed by atoms with Crippen molar-refractivity contribution in [1.29, 1.82) is 0 Å². The Labute approximate surface area is 171 Å². The summed E-state index contributed by atoms with van der Waals surface area (Å²) in [6.07, 6.45) is 2.33. The van der Waals surface area contributed by atoms with E-state index in [9.17, 15) is 4.79 Å². The van der Waals surface area contributed by atoms with E-state index >= 15 is 0 Å². The first-order chi connectivity index (χ1) is 14.3. The lowest BCUT2D eigenvalue weighted by molar-refractivity contribution is -0.921. The summed E-state index contributed by atoms with van der Waals surface area (Å²) in [5.74, 6) is 0.634. The van der Waals surface area contributed by atoms with Crippen LogP contribution in [-0.2, 0) is 16.0 Å². The number of benzene rings is 2. The Bertz CT molecular complexity index is 780. The van der Waals surface area contributed by atoms with Gasteiger partial charge in [-0.2, -0.15) is 0 Å². The lowest BCUT2D eigenvalue weighted by atomic mass is 10.1. The van der Waals surface area contributed by atoms with Crippen LogP contribution in [0.4, 0.5) is 5.69 Å². The Morgan fingerprint density at radius 1 is 1.03 bits per heavy atom. The third-order valence-corrected chi connectivity index (χ3v) is 5.44. The van der Waals surface area contributed by atoms with Crippen LogP contribution < -0.4 is 15.0 Å². The quantitative estimate of drug-likeness (QED) is 0.749. The molecule has 1 atom stereocenters. The molecule has 0 aromatic heterocycles. The number of amides is 1. The molecule has 2 aromatic carbocycles. The molecule has 6 nitrogen and oxygen atoms in total. The molecule has 0 bridgehead atoms. The molecule has 0 saturated carbocycles. The normalized spacial score (nSPS) is 19.8. The zero-order valence-corrected chi connectivity index (χ0v) is 16.7. The van der Waals surface area contributed by atoms with E-state index in [0.717, 1.165) is 63.7 Å². The first-order valence-electron chi connectivity index (χ1n) is 10.4. The third-order valence-electron chi connectivity index (χ3n) is 5.44. The molecule has 4 rings (SSSR count). The Kier molecular flexibility index (Phi) is 6.77. The second-order valence-corrected chi connectivity index (χ2v) is 7.66. The summed E-state index contributed by atoms with van der Waals surface area (Å²) in [5.41, 5.74) is 2.68. The van der Waals surface area contributed by atoms with Crippen molar-refractivity contribution in [1.82, 2.24) is 0 Å². The van der Waals surface area contributed by atoms with Crippen molar-refractivity contribution in [2.75, 3.05) is 44.8 Å². The number of ether oxygens (including phenoxy) is 3. The predicted molar refractivity (Wildman–Crippen MR) is 111 cm³/mol. The molecule has 2 saturated heterocycles. The molecular formula is C23H29N2O4+. The molecule has 29 heavy (non-hydrogen) atoms. The molecule has 154 valence electrons. The molecule has 2 heterocycles. The maximum Gasteiger partial charge on any atom is 0.255 e. The van der Waals surface area contributed by atoms with Gasteiger partial charge in [-0.1, -0.05) is 12.1 Å². The molecule has 2 aliphatic rings. The van der Waals surface area contributed by atoms with Crippen molar-refractivity contribution in [2.24, 2.45) is 0 Å². The Hall–Kier alpha value is -2.41. The smallest absolute Gasteiger partial charge is 0.255 e.